The molecule has 0 fully saturated rings. The summed E-state index contributed by atoms with van der Waals surface area (Å²) in [5.41, 5.74) is 1.36. The second-order valence-corrected chi connectivity index (χ2v) is 5.61. The molecule has 0 radical (unpaired) electrons. The Labute approximate surface area is 129 Å². The summed E-state index contributed by atoms with van der Waals surface area (Å²) in [5.74, 6) is -1.06. The fraction of sp³-hybridized carbons (Fsp3) is 0.294. The van der Waals surface area contributed by atoms with E-state index in [0.29, 0.717) is 12.1 Å². The van der Waals surface area contributed by atoms with Crippen molar-refractivity contribution in [2.45, 2.75) is 13.8 Å². The molecule has 1 aromatic carbocycles. The first kappa shape index (κ1) is 15.8. The van der Waals surface area contributed by atoms with E-state index < -0.39 is 5.97 Å². The van der Waals surface area contributed by atoms with E-state index in [-0.39, 0.29) is 18.4 Å². The van der Waals surface area contributed by atoms with E-state index in [4.69, 9.17) is 5.11 Å². The lowest BCUT2D eigenvalue weighted by Gasteiger charge is -2.23. The molecule has 0 aliphatic carbocycles. The van der Waals surface area contributed by atoms with Gasteiger partial charge in [-0.25, -0.2) is 0 Å². The highest BCUT2D eigenvalue weighted by Crippen LogP contribution is 2.14. The number of carbonyl (C=O) groups is 2. The van der Waals surface area contributed by atoms with Crippen molar-refractivity contribution in [2.75, 3.05) is 13.1 Å². The van der Waals surface area contributed by atoms with Crippen LogP contribution >= 0.6 is 0 Å². The number of hydrogen-bond acceptors (Lipinski definition) is 2. The number of carbonyl (C=O) groups excluding carboxylic acids is 1. The maximum atomic E-state index is 12.6. The number of benzene rings is 1. The summed E-state index contributed by atoms with van der Waals surface area (Å²) in [5, 5.41) is 9.00. The van der Waals surface area contributed by atoms with Crippen LogP contribution in [0.15, 0.2) is 48.8 Å². The molecule has 0 bridgehead atoms. The van der Waals surface area contributed by atoms with Gasteiger partial charge in [-0.1, -0.05) is 19.9 Å². The molecule has 0 aliphatic rings. The fourth-order valence-electron chi connectivity index (χ4n) is 2.31. The average Bonchev–Trinajstić information content (AvgIpc) is 2.99. The lowest BCUT2D eigenvalue weighted by Crippen LogP contribution is -2.38. The van der Waals surface area contributed by atoms with Crippen LogP contribution in [0.4, 0.5) is 0 Å². The van der Waals surface area contributed by atoms with Crippen LogP contribution in [0.1, 0.15) is 24.2 Å². The SMILES string of the molecule is CC(C)CN(CC(=O)O)C(=O)c1cccc(-n2cccc2)c1. The number of aliphatic carboxylic acids is 1. The molecular formula is C17H20N2O3. The summed E-state index contributed by atoms with van der Waals surface area (Å²) < 4.78 is 1.90. The van der Waals surface area contributed by atoms with Crippen LogP contribution in [0.25, 0.3) is 5.69 Å². The molecule has 1 amide bonds. The van der Waals surface area contributed by atoms with E-state index in [0.717, 1.165) is 5.69 Å². The van der Waals surface area contributed by atoms with Gasteiger partial charge < -0.3 is 14.6 Å². The Morgan fingerprint density at radius 2 is 1.86 bits per heavy atom. The largest absolute Gasteiger partial charge is 0.480 e. The normalized spacial score (nSPS) is 10.7. The first-order valence-corrected chi connectivity index (χ1v) is 7.22. The minimum absolute atomic E-state index is 0.205. The summed E-state index contributed by atoms with van der Waals surface area (Å²) >= 11 is 0. The molecule has 0 unspecified atom stereocenters. The lowest BCUT2D eigenvalue weighted by atomic mass is 10.1. The van der Waals surface area contributed by atoms with Crippen molar-refractivity contribution in [3.05, 3.63) is 54.4 Å². The van der Waals surface area contributed by atoms with E-state index in [1.165, 1.54) is 4.90 Å². The number of carboxylic acids is 1. The van der Waals surface area contributed by atoms with Crippen molar-refractivity contribution in [2.24, 2.45) is 5.92 Å². The second-order valence-electron chi connectivity index (χ2n) is 5.61. The number of rotatable bonds is 6. The Morgan fingerprint density at radius 3 is 2.45 bits per heavy atom. The summed E-state index contributed by atoms with van der Waals surface area (Å²) in [7, 11) is 0. The van der Waals surface area contributed by atoms with Gasteiger partial charge in [0.2, 0.25) is 0 Å². The average molecular weight is 300 g/mol. The van der Waals surface area contributed by atoms with Gasteiger partial charge in [0.15, 0.2) is 0 Å². The molecule has 0 atom stereocenters. The Bertz CT molecular complexity index is 648. The van der Waals surface area contributed by atoms with Crippen molar-refractivity contribution in [1.82, 2.24) is 9.47 Å². The minimum Gasteiger partial charge on any atom is -0.480 e. The Kier molecular flexibility index (Phi) is 4.99. The third kappa shape index (κ3) is 3.97. The molecular weight excluding hydrogens is 280 g/mol. The molecule has 2 aromatic rings. The number of nitrogens with zero attached hydrogens (tertiary/aromatic N) is 2. The smallest absolute Gasteiger partial charge is 0.323 e. The standard InChI is InChI=1S/C17H20N2O3/c1-13(2)11-19(12-16(20)21)17(22)14-6-5-7-15(10-14)18-8-3-4-9-18/h3-10,13H,11-12H2,1-2H3,(H,20,21). The summed E-state index contributed by atoms with van der Waals surface area (Å²) in [6.45, 7) is 4.04. The highest BCUT2D eigenvalue weighted by atomic mass is 16.4. The molecule has 0 aliphatic heterocycles. The summed E-state index contributed by atoms with van der Waals surface area (Å²) in [6.07, 6.45) is 3.79. The predicted molar refractivity (Wildman–Crippen MR) is 84.1 cm³/mol. The number of amides is 1. The van der Waals surface area contributed by atoms with Crippen LogP contribution in [0.2, 0.25) is 0 Å². The van der Waals surface area contributed by atoms with E-state index in [2.05, 4.69) is 0 Å². The highest BCUT2D eigenvalue weighted by Gasteiger charge is 2.19. The number of aromatic nitrogens is 1. The maximum absolute atomic E-state index is 12.6. The van der Waals surface area contributed by atoms with E-state index in [1.807, 2.05) is 49.0 Å². The van der Waals surface area contributed by atoms with Crippen LogP contribution in [0.5, 0.6) is 0 Å². The van der Waals surface area contributed by atoms with Gasteiger partial charge >= 0.3 is 5.97 Å². The van der Waals surface area contributed by atoms with Gasteiger partial charge in [0.25, 0.3) is 5.91 Å². The first-order valence-electron chi connectivity index (χ1n) is 7.22. The van der Waals surface area contributed by atoms with Crippen LogP contribution in [0.3, 0.4) is 0 Å². The molecule has 1 aromatic heterocycles. The zero-order chi connectivity index (χ0) is 16.1. The van der Waals surface area contributed by atoms with Crippen molar-refractivity contribution in [1.29, 1.82) is 0 Å². The Balaban J connectivity index is 2.26. The van der Waals surface area contributed by atoms with Gasteiger partial charge in [0.1, 0.15) is 6.54 Å². The van der Waals surface area contributed by atoms with Crippen molar-refractivity contribution >= 4 is 11.9 Å². The molecule has 1 heterocycles. The van der Waals surface area contributed by atoms with Crippen molar-refractivity contribution in [3.63, 3.8) is 0 Å². The number of hydrogen-bond donors (Lipinski definition) is 1. The molecule has 0 saturated heterocycles. The molecule has 116 valence electrons. The van der Waals surface area contributed by atoms with Gasteiger partial charge in [0.05, 0.1) is 0 Å². The lowest BCUT2D eigenvalue weighted by molar-refractivity contribution is -0.137. The quantitative estimate of drug-likeness (QED) is 0.892. The number of carboxylic acid groups (broad SMARTS) is 1. The molecule has 5 nitrogen and oxygen atoms in total. The highest BCUT2D eigenvalue weighted by molar-refractivity contribution is 5.96. The first-order chi connectivity index (χ1) is 10.5. The third-order valence-corrected chi connectivity index (χ3v) is 3.19. The van der Waals surface area contributed by atoms with Gasteiger partial charge in [-0.15, -0.1) is 0 Å². The molecule has 22 heavy (non-hydrogen) atoms. The van der Waals surface area contributed by atoms with Crippen molar-refractivity contribution < 1.29 is 14.7 Å². The topological polar surface area (TPSA) is 62.5 Å². The zero-order valence-corrected chi connectivity index (χ0v) is 12.8. The Hall–Kier alpha value is -2.56. The van der Waals surface area contributed by atoms with Crippen LogP contribution in [0, 0.1) is 5.92 Å². The maximum Gasteiger partial charge on any atom is 0.323 e. The summed E-state index contributed by atoms with van der Waals surface area (Å²) in [6, 6.07) is 11.0. The fourth-order valence-corrected chi connectivity index (χ4v) is 2.31. The molecule has 0 spiro atoms. The Morgan fingerprint density at radius 1 is 1.18 bits per heavy atom. The van der Waals surface area contributed by atoms with Crippen molar-refractivity contribution in [3.8, 4) is 5.69 Å². The van der Waals surface area contributed by atoms with Gasteiger partial charge in [-0.2, -0.15) is 0 Å². The molecule has 2 rings (SSSR count). The van der Waals surface area contributed by atoms with Crippen LogP contribution in [-0.2, 0) is 4.79 Å². The van der Waals surface area contributed by atoms with E-state index >= 15 is 0 Å². The van der Waals surface area contributed by atoms with E-state index in [1.54, 1.807) is 18.2 Å². The zero-order valence-electron chi connectivity index (χ0n) is 12.8. The second kappa shape index (κ2) is 6.93. The van der Waals surface area contributed by atoms with Crippen LogP contribution < -0.4 is 0 Å². The third-order valence-electron chi connectivity index (χ3n) is 3.19. The molecule has 0 saturated carbocycles. The molecule has 5 heteroatoms. The van der Waals surface area contributed by atoms with Gasteiger partial charge in [0, 0.05) is 30.2 Å². The van der Waals surface area contributed by atoms with Gasteiger partial charge in [-0.05, 0) is 36.2 Å². The molecule has 1 N–H and O–H groups in total. The van der Waals surface area contributed by atoms with Gasteiger partial charge in [-0.3, -0.25) is 9.59 Å². The summed E-state index contributed by atoms with van der Waals surface area (Å²) in [4.78, 5) is 25.0. The predicted octanol–water partition coefficient (Wildman–Crippen LogP) is 2.66. The minimum atomic E-state index is -1.00. The van der Waals surface area contributed by atoms with E-state index in [9.17, 15) is 9.59 Å². The van der Waals surface area contributed by atoms with Crippen LogP contribution in [-0.4, -0.2) is 39.5 Å². The monoisotopic (exact) mass is 300 g/mol.